The number of nitrogens with zero attached hydrogens (tertiary/aromatic N) is 2. The van der Waals surface area contributed by atoms with Crippen LogP contribution in [0.25, 0.3) is 0 Å². The van der Waals surface area contributed by atoms with Crippen LogP contribution in [-0.2, 0) is 20.7 Å². The Labute approximate surface area is 202 Å². The molecule has 1 unspecified atom stereocenters. The van der Waals surface area contributed by atoms with Gasteiger partial charge in [0, 0.05) is 32.7 Å². The lowest BCUT2D eigenvalue weighted by Gasteiger charge is -2.38. The number of piperidine rings is 2. The Balaban J connectivity index is 0.000000429. The van der Waals surface area contributed by atoms with E-state index in [1.165, 1.54) is 0 Å². The summed E-state index contributed by atoms with van der Waals surface area (Å²) < 4.78 is 37.9. The molecule has 0 aliphatic carbocycles. The number of phenolic OH excluding ortho intramolecular Hbond substituents is 1. The zero-order valence-corrected chi connectivity index (χ0v) is 19.5. The summed E-state index contributed by atoms with van der Waals surface area (Å²) in [7, 11) is 0. The van der Waals surface area contributed by atoms with Gasteiger partial charge in [-0.1, -0.05) is 12.1 Å². The summed E-state index contributed by atoms with van der Waals surface area (Å²) >= 11 is 0. The highest BCUT2D eigenvalue weighted by Gasteiger charge is 2.43. The molecule has 1 amide bonds. The second-order valence-electron chi connectivity index (χ2n) is 9.70. The molecule has 8 nitrogen and oxygen atoms in total. The summed E-state index contributed by atoms with van der Waals surface area (Å²) in [5.74, 6) is -2.36. The van der Waals surface area contributed by atoms with Crippen LogP contribution >= 0.6 is 0 Å². The van der Waals surface area contributed by atoms with Crippen molar-refractivity contribution in [1.29, 1.82) is 0 Å². The number of benzene rings is 1. The Morgan fingerprint density at radius 1 is 1.06 bits per heavy atom. The lowest BCUT2D eigenvalue weighted by molar-refractivity contribution is -0.192. The number of ether oxygens (including phenoxy) is 1. The van der Waals surface area contributed by atoms with Gasteiger partial charge in [0.05, 0.1) is 25.2 Å². The van der Waals surface area contributed by atoms with Gasteiger partial charge in [-0.15, -0.1) is 0 Å². The number of likely N-dealkylation sites (tertiary alicyclic amines) is 2. The number of rotatable bonds is 4. The Morgan fingerprint density at radius 3 is 2.17 bits per heavy atom. The van der Waals surface area contributed by atoms with Crippen molar-refractivity contribution >= 4 is 11.9 Å². The van der Waals surface area contributed by atoms with Gasteiger partial charge in [0.1, 0.15) is 5.75 Å². The van der Waals surface area contributed by atoms with Crippen molar-refractivity contribution in [3.05, 3.63) is 29.8 Å². The van der Waals surface area contributed by atoms with Gasteiger partial charge in [-0.3, -0.25) is 4.79 Å². The molecule has 1 aromatic rings. The molecule has 3 aliphatic heterocycles. The van der Waals surface area contributed by atoms with E-state index < -0.39 is 12.1 Å². The zero-order valence-electron chi connectivity index (χ0n) is 19.5. The van der Waals surface area contributed by atoms with Crippen LogP contribution in [0.15, 0.2) is 24.3 Å². The van der Waals surface area contributed by atoms with E-state index in [1.54, 1.807) is 12.1 Å². The molecule has 0 saturated carbocycles. The monoisotopic (exact) mass is 502 g/mol. The number of aliphatic carboxylic acids is 1. The first kappa shape index (κ1) is 27.2. The van der Waals surface area contributed by atoms with Crippen molar-refractivity contribution in [3.8, 4) is 5.75 Å². The Morgan fingerprint density at radius 2 is 1.63 bits per heavy atom. The van der Waals surface area contributed by atoms with Crippen LogP contribution in [0.1, 0.15) is 37.7 Å². The van der Waals surface area contributed by atoms with Crippen LogP contribution in [-0.4, -0.2) is 94.7 Å². The van der Waals surface area contributed by atoms with Crippen molar-refractivity contribution in [2.24, 2.45) is 5.41 Å². The molecule has 1 spiro atoms. The molecule has 3 heterocycles. The Hall–Kier alpha value is -2.37. The number of hydrogen-bond acceptors (Lipinski definition) is 6. The summed E-state index contributed by atoms with van der Waals surface area (Å²) in [4.78, 5) is 25.9. The van der Waals surface area contributed by atoms with Crippen molar-refractivity contribution in [2.75, 3.05) is 39.3 Å². The van der Waals surface area contributed by atoms with Gasteiger partial charge in [0.25, 0.3) is 0 Å². The SMILES string of the molecule is O=C(Cc1ccc(O)cc1)N1CCC2(CC1)COC(CN1CCC(O)CC1)C2.O=C(O)C(F)(F)F. The first-order chi connectivity index (χ1) is 16.5. The molecule has 4 rings (SSSR count). The fourth-order valence-electron chi connectivity index (χ4n) is 4.88. The lowest BCUT2D eigenvalue weighted by Crippen LogP contribution is -2.44. The minimum absolute atomic E-state index is 0.129. The number of aromatic hydroxyl groups is 1. The quantitative estimate of drug-likeness (QED) is 0.580. The van der Waals surface area contributed by atoms with E-state index in [9.17, 15) is 28.2 Å². The molecule has 3 fully saturated rings. The molecule has 3 aliphatic rings. The number of carboxylic acids is 1. The van der Waals surface area contributed by atoms with E-state index in [0.29, 0.717) is 6.42 Å². The predicted octanol–water partition coefficient (Wildman–Crippen LogP) is 2.42. The van der Waals surface area contributed by atoms with Gasteiger partial charge in [-0.25, -0.2) is 4.79 Å². The van der Waals surface area contributed by atoms with Gasteiger partial charge in [-0.05, 0) is 55.2 Å². The zero-order chi connectivity index (χ0) is 25.6. The van der Waals surface area contributed by atoms with E-state index in [0.717, 1.165) is 77.0 Å². The van der Waals surface area contributed by atoms with Crippen LogP contribution in [0.3, 0.4) is 0 Å². The Bertz CT molecular complexity index is 848. The fraction of sp³-hybridized carbons (Fsp3) is 0.667. The third kappa shape index (κ3) is 8.08. The minimum Gasteiger partial charge on any atom is -0.508 e. The number of carbonyl (C=O) groups excluding carboxylic acids is 1. The van der Waals surface area contributed by atoms with Crippen LogP contribution in [0.2, 0.25) is 0 Å². The topological polar surface area (TPSA) is 111 Å². The lowest BCUT2D eigenvalue weighted by atomic mass is 9.76. The van der Waals surface area contributed by atoms with Gasteiger partial charge >= 0.3 is 12.1 Å². The average Bonchev–Trinajstić information content (AvgIpc) is 3.19. The van der Waals surface area contributed by atoms with Crippen molar-refractivity contribution < 1.29 is 42.8 Å². The third-order valence-electron chi connectivity index (χ3n) is 7.02. The number of halogens is 3. The van der Waals surface area contributed by atoms with E-state index in [2.05, 4.69) is 4.90 Å². The second kappa shape index (κ2) is 11.6. The van der Waals surface area contributed by atoms with Crippen molar-refractivity contribution in [2.45, 2.75) is 56.9 Å². The number of carbonyl (C=O) groups is 2. The number of hydrogen-bond donors (Lipinski definition) is 3. The van der Waals surface area contributed by atoms with Gasteiger partial charge in [-0.2, -0.15) is 13.2 Å². The maximum atomic E-state index is 12.6. The molecular formula is C24H33F3N2O6. The van der Waals surface area contributed by atoms with Crippen LogP contribution in [0.5, 0.6) is 5.75 Å². The molecule has 0 radical (unpaired) electrons. The summed E-state index contributed by atoms with van der Waals surface area (Å²) in [6.07, 6.45) is 0.336. The highest BCUT2D eigenvalue weighted by molar-refractivity contribution is 5.79. The largest absolute Gasteiger partial charge is 0.508 e. The van der Waals surface area contributed by atoms with E-state index in [4.69, 9.17) is 14.6 Å². The maximum Gasteiger partial charge on any atom is 0.490 e. The van der Waals surface area contributed by atoms with Crippen molar-refractivity contribution in [3.63, 3.8) is 0 Å². The number of alkyl halides is 3. The van der Waals surface area contributed by atoms with E-state index in [1.807, 2.05) is 17.0 Å². The standard InChI is InChI=1S/C22H32N2O4.C2HF3O2/c25-18-3-1-17(2-4-18)13-21(27)24-11-7-22(8-12-24)14-20(28-16-22)15-23-9-5-19(26)6-10-23;3-2(4,5)1(6)7/h1-4,19-20,25-26H,5-16H2;(H,6,7). The molecule has 1 aromatic carbocycles. The molecule has 0 bridgehead atoms. The molecule has 35 heavy (non-hydrogen) atoms. The van der Waals surface area contributed by atoms with Gasteiger partial charge in [0.2, 0.25) is 5.91 Å². The number of aliphatic hydroxyl groups is 1. The smallest absolute Gasteiger partial charge is 0.490 e. The fourth-order valence-corrected chi connectivity index (χ4v) is 4.88. The van der Waals surface area contributed by atoms with Crippen LogP contribution in [0, 0.1) is 5.41 Å². The Kier molecular flexibility index (Phi) is 9.00. The normalized spacial score (nSPS) is 23.1. The highest BCUT2D eigenvalue weighted by atomic mass is 19.4. The number of aliphatic hydroxyl groups excluding tert-OH is 1. The summed E-state index contributed by atoms with van der Waals surface area (Å²) in [6, 6.07) is 6.89. The summed E-state index contributed by atoms with van der Waals surface area (Å²) in [5.41, 5.74) is 1.17. The van der Waals surface area contributed by atoms with Crippen LogP contribution in [0.4, 0.5) is 13.2 Å². The molecule has 0 aromatic heterocycles. The third-order valence-corrected chi connectivity index (χ3v) is 7.02. The average molecular weight is 503 g/mol. The highest BCUT2D eigenvalue weighted by Crippen LogP contribution is 2.42. The number of amides is 1. The van der Waals surface area contributed by atoms with Gasteiger partial charge < -0.3 is 29.9 Å². The predicted molar refractivity (Wildman–Crippen MR) is 120 cm³/mol. The van der Waals surface area contributed by atoms with E-state index >= 15 is 0 Å². The number of carboxylic acid groups (broad SMARTS) is 1. The first-order valence-electron chi connectivity index (χ1n) is 11.8. The molecule has 11 heteroatoms. The van der Waals surface area contributed by atoms with Crippen LogP contribution < -0.4 is 0 Å². The number of phenols is 1. The first-order valence-corrected chi connectivity index (χ1v) is 11.8. The van der Waals surface area contributed by atoms with Gasteiger partial charge in [0.15, 0.2) is 0 Å². The molecule has 196 valence electrons. The van der Waals surface area contributed by atoms with Crippen molar-refractivity contribution in [1.82, 2.24) is 9.80 Å². The molecule has 1 atom stereocenters. The molecule has 3 saturated heterocycles. The maximum absolute atomic E-state index is 12.6. The minimum atomic E-state index is -5.08. The molecule has 3 N–H and O–H groups in total. The summed E-state index contributed by atoms with van der Waals surface area (Å²) in [6.45, 7) is 5.33. The second-order valence-corrected chi connectivity index (χ2v) is 9.70. The summed E-state index contributed by atoms with van der Waals surface area (Å²) in [5, 5.41) is 26.2. The van der Waals surface area contributed by atoms with E-state index in [-0.39, 0.29) is 29.3 Å². The molecular weight excluding hydrogens is 469 g/mol.